The molecule has 0 aromatic heterocycles. The largest absolute Gasteiger partial charge is 0.385 e. The molecule has 0 aliphatic carbocycles. The summed E-state index contributed by atoms with van der Waals surface area (Å²) < 4.78 is 15.3. The summed E-state index contributed by atoms with van der Waals surface area (Å²) in [5, 5.41) is 0. The smallest absolute Gasteiger partial charge is 0.320 e. The molecule has 0 N–H and O–H groups in total. The van der Waals surface area contributed by atoms with E-state index in [2.05, 4.69) is 0 Å². The standard InChI is InChI=1S/C12H24N2O4/c1-16-8-3-4-13(5-9-17-2)12(15)14-6-10-18-11-7-14/h3-11H2,1-2H3. The van der Waals surface area contributed by atoms with E-state index < -0.39 is 0 Å². The minimum absolute atomic E-state index is 0.0754. The zero-order valence-electron chi connectivity index (χ0n) is 11.4. The Balaban J connectivity index is 2.42. The van der Waals surface area contributed by atoms with Gasteiger partial charge in [-0.25, -0.2) is 4.79 Å². The topological polar surface area (TPSA) is 51.2 Å². The van der Waals surface area contributed by atoms with Gasteiger partial charge in [0, 0.05) is 47.0 Å². The summed E-state index contributed by atoms with van der Waals surface area (Å²) in [5.41, 5.74) is 0. The number of morpholine rings is 1. The van der Waals surface area contributed by atoms with Crippen molar-refractivity contribution in [1.29, 1.82) is 0 Å². The molecule has 0 bridgehead atoms. The van der Waals surface area contributed by atoms with Crippen molar-refractivity contribution < 1.29 is 19.0 Å². The van der Waals surface area contributed by atoms with Crippen molar-refractivity contribution in [3.63, 3.8) is 0 Å². The summed E-state index contributed by atoms with van der Waals surface area (Å²) in [4.78, 5) is 16.0. The van der Waals surface area contributed by atoms with Crippen LogP contribution in [0.4, 0.5) is 4.79 Å². The van der Waals surface area contributed by atoms with Gasteiger partial charge in [0.2, 0.25) is 0 Å². The van der Waals surface area contributed by atoms with Gasteiger partial charge in [-0.2, -0.15) is 0 Å². The Morgan fingerprint density at radius 1 is 1.17 bits per heavy atom. The predicted molar refractivity (Wildman–Crippen MR) is 67.7 cm³/mol. The monoisotopic (exact) mass is 260 g/mol. The third-order valence-electron chi connectivity index (χ3n) is 2.89. The van der Waals surface area contributed by atoms with E-state index in [1.807, 2.05) is 9.80 Å². The van der Waals surface area contributed by atoms with Crippen LogP contribution in [0.2, 0.25) is 0 Å². The van der Waals surface area contributed by atoms with Gasteiger partial charge in [0.15, 0.2) is 0 Å². The SMILES string of the molecule is COCCCN(CCOC)C(=O)N1CCOCC1. The summed E-state index contributed by atoms with van der Waals surface area (Å²) in [6.07, 6.45) is 0.844. The number of nitrogens with zero attached hydrogens (tertiary/aromatic N) is 2. The zero-order chi connectivity index (χ0) is 13.2. The number of hydrogen-bond acceptors (Lipinski definition) is 4. The predicted octanol–water partition coefficient (Wildman–Crippen LogP) is 0.424. The Bertz CT molecular complexity index is 232. The molecule has 6 nitrogen and oxygen atoms in total. The lowest BCUT2D eigenvalue weighted by molar-refractivity contribution is 0.0399. The van der Waals surface area contributed by atoms with Gasteiger partial charge in [0.1, 0.15) is 0 Å². The van der Waals surface area contributed by atoms with Gasteiger partial charge in [-0.15, -0.1) is 0 Å². The number of amides is 2. The molecule has 1 saturated heterocycles. The third kappa shape index (κ3) is 5.20. The van der Waals surface area contributed by atoms with Crippen molar-refractivity contribution in [3.8, 4) is 0 Å². The second kappa shape index (κ2) is 9.13. The van der Waals surface area contributed by atoms with Crippen LogP contribution in [0.1, 0.15) is 6.42 Å². The maximum Gasteiger partial charge on any atom is 0.320 e. The molecule has 1 rings (SSSR count). The molecule has 1 aliphatic heterocycles. The van der Waals surface area contributed by atoms with Crippen LogP contribution in [0.15, 0.2) is 0 Å². The van der Waals surface area contributed by atoms with Gasteiger partial charge in [0.05, 0.1) is 19.8 Å². The molecule has 0 aromatic rings. The number of ether oxygens (including phenoxy) is 3. The average Bonchev–Trinajstić information content (AvgIpc) is 2.43. The van der Waals surface area contributed by atoms with Crippen LogP contribution >= 0.6 is 0 Å². The highest BCUT2D eigenvalue weighted by atomic mass is 16.5. The Morgan fingerprint density at radius 3 is 2.44 bits per heavy atom. The van der Waals surface area contributed by atoms with Crippen LogP contribution in [0.5, 0.6) is 0 Å². The van der Waals surface area contributed by atoms with E-state index in [9.17, 15) is 4.79 Å². The molecule has 2 amide bonds. The van der Waals surface area contributed by atoms with Gasteiger partial charge in [-0.1, -0.05) is 0 Å². The Labute approximate surface area is 109 Å². The normalized spacial score (nSPS) is 15.8. The number of rotatable bonds is 7. The summed E-state index contributed by atoms with van der Waals surface area (Å²) >= 11 is 0. The van der Waals surface area contributed by atoms with E-state index in [1.54, 1.807) is 14.2 Å². The van der Waals surface area contributed by atoms with E-state index in [4.69, 9.17) is 14.2 Å². The van der Waals surface area contributed by atoms with Gasteiger partial charge >= 0.3 is 6.03 Å². The fourth-order valence-electron chi connectivity index (χ4n) is 1.86. The van der Waals surface area contributed by atoms with E-state index in [0.717, 1.165) is 6.42 Å². The van der Waals surface area contributed by atoms with Crippen molar-refractivity contribution >= 4 is 6.03 Å². The van der Waals surface area contributed by atoms with E-state index in [-0.39, 0.29) is 6.03 Å². The molecule has 0 saturated carbocycles. The van der Waals surface area contributed by atoms with E-state index in [0.29, 0.717) is 52.6 Å². The fourth-order valence-corrected chi connectivity index (χ4v) is 1.86. The first-order valence-electron chi connectivity index (χ1n) is 6.39. The molecular formula is C12H24N2O4. The van der Waals surface area contributed by atoms with Crippen molar-refractivity contribution in [3.05, 3.63) is 0 Å². The maximum absolute atomic E-state index is 12.3. The number of carbonyl (C=O) groups is 1. The molecule has 1 fully saturated rings. The van der Waals surface area contributed by atoms with Crippen LogP contribution in [-0.2, 0) is 14.2 Å². The zero-order valence-corrected chi connectivity index (χ0v) is 11.4. The molecular weight excluding hydrogens is 236 g/mol. The number of carbonyl (C=O) groups excluding carboxylic acids is 1. The first kappa shape index (κ1) is 15.2. The molecule has 18 heavy (non-hydrogen) atoms. The Morgan fingerprint density at radius 2 is 1.83 bits per heavy atom. The highest BCUT2D eigenvalue weighted by molar-refractivity contribution is 5.74. The summed E-state index contributed by atoms with van der Waals surface area (Å²) in [6, 6.07) is 0.0754. The van der Waals surface area contributed by atoms with Gasteiger partial charge < -0.3 is 24.0 Å². The van der Waals surface area contributed by atoms with Crippen LogP contribution in [0, 0.1) is 0 Å². The first-order chi connectivity index (χ1) is 8.79. The number of urea groups is 1. The van der Waals surface area contributed by atoms with Crippen molar-refractivity contribution in [2.45, 2.75) is 6.42 Å². The third-order valence-corrected chi connectivity index (χ3v) is 2.89. The van der Waals surface area contributed by atoms with E-state index in [1.165, 1.54) is 0 Å². The van der Waals surface area contributed by atoms with Crippen LogP contribution in [-0.4, -0.2) is 82.7 Å². The minimum Gasteiger partial charge on any atom is -0.385 e. The van der Waals surface area contributed by atoms with Gasteiger partial charge in [-0.05, 0) is 6.42 Å². The number of methoxy groups -OCH3 is 2. The Hall–Kier alpha value is -0.850. The summed E-state index contributed by atoms with van der Waals surface area (Å²) in [7, 11) is 3.32. The van der Waals surface area contributed by atoms with Crippen LogP contribution in [0.25, 0.3) is 0 Å². The summed E-state index contributed by atoms with van der Waals surface area (Å²) in [6.45, 7) is 5.15. The van der Waals surface area contributed by atoms with Crippen LogP contribution < -0.4 is 0 Å². The molecule has 1 aliphatic rings. The lowest BCUT2D eigenvalue weighted by Gasteiger charge is -2.32. The quantitative estimate of drug-likeness (QED) is 0.623. The highest BCUT2D eigenvalue weighted by Gasteiger charge is 2.22. The van der Waals surface area contributed by atoms with Crippen LogP contribution in [0.3, 0.4) is 0 Å². The summed E-state index contributed by atoms with van der Waals surface area (Å²) in [5.74, 6) is 0. The molecule has 0 radical (unpaired) electrons. The average molecular weight is 260 g/mol. The maximum atomic E-state index is 12.3. The highest BCUT2D eigenvalue weighted by Crippen LogP contribution is 2.04. The minimum atomic E-state index is 0.0754. The second-order valence-electron chi connectivity index (χ2n) is 4.21. The van der Waals surface area contributed by atoms with E-state index >= 15 is 0 Å². The Kier molecular flexibility index (Phi) is 7.71. The van der Waals surface area contributed by atoms with Crippen molar-refractivity contribution in [2.24, 2.45) is 0 Å². The lowest BCUT2D eigenvalue weighted by atomic mass is 10.3. The molecule has 0 spiro atoms. The van der Waals surface area contributed by atoms with Gasteiger partial charge in [-0.3, -0.25) is 0 Å². The molecule has 0 aromatic carbocycles. The van der Waals surface area contributed by atoms with Gasteiger partial charge in [0.25, 0.3) is 0 Å². The van der Waals surface area contributed by atoms with Crippen molar-refractivity contribution in [2.75, 3.05) is 66.8 Å². The lowest BCUT2D eigenvalue weighted by Crippen LogP contribution is -2.49. The second-order valence-corrected chi connectivity index (χ2v) is 4.21. The molecule has 0 unspecified atom stereocenters. The molecule has 106 valence electrons. The fraction of sp³-hybridized carbons (Fsp3) is 0.917. The molecule has 1 heterocycles. The first-order valence-corrected chi connectivity index (χ1v) is 6.39. The number of hydrogen-bond donors (Lipinski definition) is 0. The molecule has 0 atom stereocenters. The molecule has 6 heteroatoms. The van der Waals surface area contributed by atoms with Crippen molar-refractivity contribution in [1.82, 2.24) is 9.80 Å².